The molecule has 0 aliphatic heterocycles. The Labute approximate surface area is 106 Å². The molecule has 1 aromatic rings. The molecule has 0 saturated carbocycles. The number of hydrogen-bond acceptors (Lipinski definition) is 4. The molecule has 0 aromatic heterocycles. The van der Waals surface area contributed by atoms with E-state index < -0.39 is 12.1 Å². The van der Waals surface area contributed by atoms with Crippen LogP contribution in [0.15, 0.2) is 24.3 Å². The molecule has 0 aliphatic rings. The highest BCUT2D eigenvalue weighted by Crippen LogP contribution is 2.14. The SMILES string of the molecule is COCC(CO)NC(=O)Nc1ccc(OC)cc1. The monoisotopic (exact) mass is 254 g/mol. The van der Waals surface area contributed by atoms with Gasteiger partial charge in [0.15, 0.2) is 0 Å². The summed E-state index contributed by atoms with van der Waals surface area (Å²) in [5.41, 5.74) is 0.641. The largest absolute Gasteiger partial charge is 0.497 e. The molecular formula is C12H18N2O4. The predicted octanol–water partition coefficient (Wildman–Crippen LogP) is 0.824. The molecule has 1 unspecified atom stereocenters. The van der Waals surface area contributed by atoms with Crippen LogP contribution in [0.4, 0.5) is 10.5 Å². The Morgan fingerprint density at radius 1 is 1.33 bits per heavy atom. The number of carbonyl (C=O) groups is 1. The summed E-state index contributed by atoms with van der Waals surface area (Å²) in [6, 6.07) is 6.12. The van der Waals surface area contributed by atoms with E-state index >= 15 is 0 Å². The minimum absolute atomic E-state index is 0.177. The first-order valence-electron chi connectivity index (χ1n) is 5.51. The molecule has 18 heavy (non-hydrogen) atoms. The first kappa shape index (κ1) is 14.3. The zero-order valence-electron chi connectivity index (χ0n) is 10.5. The van der Waals surface area contributed by atoms with Crippen LogP contribution in [-0.4, -0.2) is 44.6 Å². The summed E-state index contributed by atoms with van der Waals surface area (Å²) in [6.45, 7) is 0.0798. The molecule has 0 bridgehead atoms. The van der Waals surface area contributed by atoms with E-state index in [-0.39, 0.29) is 13.2 Å². The molecule has 0 radical (unpaired) electrons. The highest BCUT2D eigenvalue weighted by Gasteiger charge is 2.10. The lowest BCUT2D eigenvalue weighted by molar-refractivity contribution is 0.132. The van der Waals surface area contributed by atoms with Crippen molar-refractivity contribution in [3.8, 4) is 5.75 Å². The minimum atomic E-state index is -0.423. The van der Waals surface area contributed by atoms with Crippen LogP contribution in [0.5, 0.6) is 5.75 Å². The molecule has 6 heteroatoms. The number of amides is 2. The first-order valence-corrected chi connectivity index (χ1v) is 5.51. The maximum Gasteiger partial charge on any atom is 0.319 e. The highest BCUT2D eigenvalue weighted by atomic mass is 16.5. The molecule has 6 nitrogen and oxygen atoms in total. The van der Waals surface area contributed by atoms with E-state index in [9.17, 15) is 4.79 Å². The summed E-state index contributed by atoms with van der Waals surface area (Å²) in [4.78, 5) is 11.6. The molecule has 0 spiro atoms. The number of anilines is 1. The third-order valence-electron chi connectivity index (χ3n) is 2.27. The molecule has 1 atom stereocenters. The lowest BCUT2D eigenvalue weighted by Gasteiger charge is -2.15. The molecule has 1 rings (SSSR count). The van der Waals surface area contributed by atoms with Gasteiger partial charge in [0.1, 0.15) is 5.75 Å². The van der Waals surface area contributed by atoms with Gasteiger partial charge in [-0.15, -0.1) is 0 Å². The zero-order chi connectivity index (χ0) is 13.4. The van der Waals surface area contributed by atoms with Crippen molar-refractivity contribution in [2.75, 3.05) is 32.8 Å². The van der Waals surface area contributed by atoms with E-state index in [1.807, 2.05) is 0 Å². The van der Waals surface area contributed by atoms with Gasteiger partial charge in [-0.3, -0.25) is 0 Å². The summed E-state index contributed by atoms with van der Waals surface area (Å²) >= 11 is 0. The Morgan fingerprint density at radius 3 is 2.50 bits per heavy atom. The summed E-state index contributed by atoms with van der Waals surface area (Å²) in [5, 5.41) is 14.2. The summed E-state index contributed by atoms with van der Waals surface area (Å²) in [5.74, 6) is 0.716. The molecule has 0 aliphatic carbocycles. The lowest BCUT2D eigenvalue weighted by atomic mass is 10.3. The smallest absolute Gasteiger partial charge is 0.319 e. The number of hydrogen-bond donors (Lipinski definition) is 3. The van der Waals surface area contributed by atoms with Crippen LogP contribution < -0.4 is 15.4 Å². The molecule has 0 heterocycles. The number of methoxy groups -OCH3 is 2. The second-order valence-electron chi connectivity index (χ2n) is 3.66. The Bertz CT molecular complexity index is 367. The fourth-order valence-electron chi connectivity index (χ4n) is 1.37. The quantitative estimate of drug-likeness (QED) is 0.702. The molecule has 0 fully saturated rings. The van der Waals surface area contributed by atoms with Gasteiger partial charge >= 0.3 is 6.03 Å². The lowest BCUT2D eigenvalue weighted by Crippen LogP contribution is -2.42. The maximum atomic E-state index is 11.6. The second-order valence-corrected chi connectivity index (χ2v) is 3.66. The summed E-state index contributed by atoms with van der Waals surface area (Å²) in [6.07, 6.45) is 0. The number of nitrogens with one attached hydrogen (secondary N) is 2. The van der Waals surface area contributed by atoms with Gasteiger partial charge in [0, 0.05) is 12.8 Å². The van der Waals surface area contributed by atoms with Gasteiger partial charge in [0.2, 0.25) is 0 Å². The van der Waals surface area contributed by atoms with Crippen molar-refractivity contribution in [2.45, 2.75) is 6.04 Å². The van der Waals surface area contributed by atoms with Gasteiger partial charge in [-0.05, 0) is 24.3 Å². The number of carbonyl (C=O) groups excluding carboxylic acids is 1. The first-order chi connectivity index (χ1) is 8.69. The third kappa shape index (κ3) is 4.60. The van der Waals surface area contributed by atoms with E-state index in [0.717, 1.165) is 0 Å². The van der Waals surface area contributed by atoms with E-state index in [1.54, 1.807) is 31.4 Å². The average Bonchev–Trinajstić information content (AvgIpc) is 2.39. The Hall–Kier alpha value is -1.79. The van der Waals surface area contributed by atoms with Crippen molar-refractivity contribution in [3.63, 3.8) is 0 Å². The van der Waals surface area contributed by atoms with Crippen molar-refractivity contribution in [3.05, 3.63) is 24.3 Å². The van der Waals surface area contributed by atoms with E-state index in [1.165, 1.54) is 7.11 Å². The van der Waals surface area contributed by atoms with Crippen LogP contribution in [0, 0.1) is 0 Å². The molecule has 1 aromatic carbocycles. The van der Waals surface area contributed by atoms with Crippen molar-refractivity contribution in [1.29, 1.82) is 0 Å². The van der Waals surface area contributed by atoms with Crippen molar-refractivity contribution in [2.24, 2.45) is 0 Å². The molecule has 3 N–H and O–H groups in total. The van der Waals surface area contributed by atoms with E-state index in [2.05, 4.69) is 10.6 Å². The van der Waals surface area contributed by atoms with Gasteiger partial charge in [0.25, 0.3) is 0 Å². The molecule has 0 saturated heterocycles. The van der Waals surface area contributed by atoms with Crippen LogP contribution in [0.25, 0.3) is 0 Å². The normalized spacial score (nSPS) is 11.7. The van der Waals surface area contributed by atoms with Crippen molar-refractivity contribution >= 4 is 11.7 Å². The summed E-state index contributed by atoms with van der Waals surface area (Å²) < 4.78 is 9.87. The van der Waals surface area contributed by atoms with Crippen molar-refractivity contribution in [1.82, 2.24) is 5.32 Å². The van der Waals surface area contributed by atoms with Crippen LogP contribution in [-0.2, 0) is 4.74 Å². The Morgan fingerprint density at radius 2 is 2.00 bits per heavy atom. The number of benzene rings is 1. The zero-order valence-corrected chi connectivity index (χ0v) is 10.5. The average molecular weight is 254 g/mol. The van der Waals surface area contributed by atoms with Crippen LogP contribution in [0.2, 0.25) is 0 Å². The standard InChI is InChI=1S/C12H18N2O4/c1-17-8-10(7-15)14-12(16)13-9-3-5-11(18-2)6-4-9/h3-6,10,15H,7-8H2,1-2H3,(H2,13,14,16). The number of rotatable bonds is 6. The van der Waals surface area contributed by atoms with Gasteiger partial charge < -0.3 is 25.2 Å². The van der Waals surface area contributed by atoms with Crippen LogP contribution in [0.3, 0.4) is 0 Å². The predicted molar refractivity (Wildman–Crippen MR) is 67.9 cm³/mol. The van der Waals surface area contributed by atoms with E-state index in [0.29, 0.717) is 11.4 Å². The fourth-order valence-corrected chi connectivity index (χ4v) is 1.37. The van der Waals surface area contributed by atoms with Crippen LogP contribution in [0.1, 0.15) is 0 Å². The number of aliphatic hydroxyl groups excluding tert-OH is 1. The Kier molecular flexibility index (Phi) is 5.96. The van der Waals surface area contributed by atoms with Gasteiger partial charge in [-0.1, -0.05) is 0 Å². The number of urea groups is 1. The van der Waals surface area contributed by atoms with Crippen LogP contribution >= 0.6 is 0 Å². The molecule has 100 valence electrons. The van der Waals surface area contributed by atoms with Gasteiger partial charge in [-0.2, -0.15) is 0 Å². The number of aliphatic hydroxyl groups is 1. The van der Waals surface area contributed by atoms with Gasteiger partial charge in [0.05, 0.1) is 26.4 Å². The molecule has 2 amide bonds. The third-order valence-corrected chi connectivity index (χ3v) is 2.27. The van der Waals surface area contributed by atoms with Gasteiger partial charge in [-0.25, -0.2) is 4.79 Å². The van der Waals surface area contributed by atoms with E-state index in [4.69, 9.17) is 14.6 Å². The maximum absolute atomic E-state index is 11.6. The topological polar surface area (TPSA) is 79.8 Å². The fraction of sp³-hybridized carbons (Fsp3) is 0.417. The Balaban J connectivity index is 2.47. The second kappa shape index (κ2) is 7.52. The number of ether oxygens (including phenoxy) is 2. The molecular weight excluding hydrogens is 236 g/mol. The highest BCUT2D eigenvalue weighted by molar-refractivity contribution is 5.89. The summed E-state index contributed by atoms with van der Waals surface area (Å²) in [7, 11) is 3.08. The van der Waals surface area contributed by atoms with Crippen molar-refractivity contribution < 1.29 is 19.4 Å². The minimum Gasteiger partial charge on any atom is -0.497 e.